The molecule has 6 nitrogen and oxygen atoms in total. The summed E-state index contributed by atoms with van der Waals surface area (Å²) in [5.74, 6) is -3.96. The molecule has 0 fully saturated rings. The molecule has 0 aliphatic heterocycles. The molecule has 0 unspecified atom stereocenters. The molecule has 0 saturated heterocycles. The van der Waals surface area contributed by atoms with Crippen molar-refractivity contribution in [2.24, 2.45) is 0 Å². The smallest absolute Gasteiger partial charge is 0.267 e. The summed E-state index contributed by atoms with van der Waals surface area (Å²) in [6.07, 6.45) is 1.31. The number of aryl methyl sites for hydroxylation is 1. The number of halogens is 2. The first-order chi connectivity index (χ1) is 10.5. The van der Waals surface area contributed by atoms with E-state index in [0.29, 0.717) is 10.6 Å². The predicted octanol–water partition coefficient (Wildman–Crippen LogP) is 2.24. The number of aromatic nitrogens is 2. The fourth-order valence-electron chi connectivity index (χ4n) is 1.50. The molecule has 0 aliphatic carbocycles. The summed E-state index contributed by atoms with van der Waals surface area (Å²) in [6.45, 7) is 1.66. The van der Waals surface area contributed by atoms with Gasteiger partial charge in [0.25, 0.3) is 17.6 Å². The van der Waals surface area contributed by atoms with Crippen LogP contribution in [0, 0.1) is 6.92 Å². The number of alkyl halides is 2. The fourth-order valence-corrected chi connectivity index (χ4v) is 2.78. The monoisotopic (exact) mass is 344 g/mol. The van der Waals surface area contributed by atoms with Crippen LogP contribution < -0.4 is 10.9 Å². The molecule has 10 heteroatoms. The van der Waals surface area contributed by atoms with Crippen LogP contribution in [0.4, 0.5) is 8.78 Å². The number of rotatable bonds is 4. The summed E-state index contributed by atoms with van der Waals surface area (Å²) in [5.41, 5.74) is 6.37. The standard InChI is InChI=1S/C12H10F2N4O2S2/c1-6-8(21-5-16-6)10(20)18-17-9(19)7-3-2-4-15-11(7)22-12(13)14/h2-5,12H,1H3,(H,17,19)(H,18,20). The predicted molar refractivity (Wildman–Crippen MR) is 77.9 cm³/mol. The molecule has 0 radical (unpaired) electrons. The third-order valence-electron chi connectivity index (χ3n) is 2.46. The van der Waals surface area contributed by atoms with Gasteiger partial charge in [-0.05, 0) is 30.8 Å². The average molecular weight is 344 g/mol. The Bertz CT molecular complexity index is 693. The van der Waals surface area contributed by atoms with Crippen LogP contribution in [0.5, 0.6) is 0 Å². The van der Waals surface area contributed by atoms with Crippen molar-refractivity contribution >= 4 is 34.9 Å². The first-order valence-corrected chi connectivity index (χ1v) is 7.65. The maximum Gasteiger partial charge on any atom is 0.290 e. The molecule has 116 valence electrons. The van der Waals surface area contributed by atoms with E-state index in [2.05, 4.69) is 20.8 Å². The van der Waals surface area contributed by atoms with Gasteiger partial charge in [-0.2, -0.15) is 8.78 Å². The van der Waals surface area contributed by atoms with Gasteiger partial charge >= 0.3 is 0 Å². The fraction of sp³-hybridized carbons (Fsp3) is 0.167. The maximum absolute atomic E-state index is 12.4. The molecule has 2 heterocycles. The third-order valence-corrected chi connectivity index (χ3v) is 4.11. The number of carbonyl (C=O) groups is 2. The summed E-state index contributed by atoms with van der Waals surface area (Å²) in [5, 5.41) is -0.113. The second-order valence-electron chi connectivity index (χ2n) is 3.91. The Morgan fingerprint density at radius 2 is 2.00 bits per heavy atom. The van der Waals surface area contributed by atoms with Gasteiger partial charge in [0.2, 0.25) is 0 Å². The molecule has 2 amide bonds. The van der Waals surface area contributed by atoms with E-state index < -0.39 is 17.6 Å². The Morgan fingerprint density at radius 1 is 1.27 bits per heavy atom. The molecule has 0 bridgehead atoms. The van der Waals surface area contributed by atoms with Gasteiger partial charge in [0.15, 0.2) is 0 Å². The van der Waals surface area contributed by atoms with Crippen LogP contribution in [0.2, 0.25) is 0 Å². The lowest BCUT2D eigenvalue weighted by Crippen LogP contribution is -2.41. The average Bonchev–Trinajstić information content (AvgIpc) is 2.90. The van der Waals surface area contributed by atoms with Crippen molar-refractivity contribution in [3.63, 3.8) is 0 Å². The normalized spacial score (nSPS) is 10.5. The highest BCUT2D eigenvalue weighted by atomic mass is 32.2. The molecule has 0 aromatic carbocycles. The number of thiazole rings is 1. The molecular weight excluding hydrogens is 334 g/mol. The Hall–Kier alpha value is -2.07. The molecule has 0 spiro atoms. The highest BCUT2D eigenvalue weighted by molar-refractivity contribution is 7.99. The second kappa shape index (κ2) is 7.27. The van der Waals surface area contributed by atoms with Crippen LogP contribution in [0.15, 0.2) is 28.9 Å². The molecule has 0 aliphatic rings. The minimum absolute atomic E-state index is 0.0471. The highest BCUT2D eigenvalue weighted by Crippen LogP contribution is 2.26. The topological polar surface area (TPSA) is 84.0 Å². The molecule has 2 rings (SSSR count). The number of nitrogens with one attached hydrogen (secondary N) is 2. The lowest BCUT2D eigenvalue weighted by molar-refractivity contribution is 0.0846. The number of hydrogen-bond acceptors (Lipinski definition) is 6. The van der Waals surface area contributed by atoms with Gasteiger partial charge < -0.3 is 0 Å². The molecular formula is C12H10F2N4O2S2. The van der Waals surface area contributed by atoms with Crippen LogP contribution in [-0.4, -0.2) is 27.5 Å². The van der Waals surface area contributed by atoms with Crippen molar-refractivity contribution in [3.8, 4) is 0 Å². The zero-order valence-electron chi connectivity index (χ0n) is 11.2. The van der Waals surface area contributed by atoms with E-state index in [1.807, 2.05) is 0 Å². The number of carbonyl (C=O) groups excluding carboxylic acids is 2. The minimum atomic E-state index is -2.70. The van der Waals surface area contributed by atoms with Gasteiger partial charge in [-0.25, -0.2) is 9.97 Å². The van der Waals surface area contributed by atoms with Crippen LogP contribution in [0.3, 0.4) is 0 Å². The van der Waals surface area contributed by atoms with Crippen molar-refractivity contribution in [3.05, 3.63) is 40.0 Å². The molecule has 2 N–H and O–H groups in total. The summed E-state index contributed by atoms with van der Waals surface area (Å²) in [7, 11) is 0. The molecule has 2 aromatic rings. The molecule has 2 aromatic heterocycles. The number of pyridine rings is 1. The van der Waals surface area contributed by atoms with Gasteiger partial charge in [-0.3, -0.25) is 20.4 Å². The van der Waals surface area contributed by atoms with Crippen molar-refractivity contribution in [1.29, 1.82) is 0 Å². The zero-order valence-corrected chi connectivity index (χ0v) is 12.8. The molecule has 22 heavy (non-hydrogen) atoms. The second-order valence-corrected chi connectivity index (χ2v) is 5.74. The van der Waals surface area contributed by atoms with Gasteiger partial charge in [0.1, 0.15) is 9.90 Å². The summed E-state index contributed by atoms with van der Waals surface area (Å²) in [4.78, 5) is 31.8. The Kier molecular flexibility index (Phi) is 5.39. The van der Waals surface area contributed by atoms with Crippen LogP contribution in [0.25, 0.3) is 0 Å². The van der Waals surface area contributed by atoms with Gasteiger partial charge in [0, 0.05) is 6.20 Å². The van der Waals surface area contributed by atoms with Gasteiger partial charge in [-0.15, -0.1) is 11.3 Å². The Balaban J connectivity index is 2.04. The van der Waals surface area contributed by atoms with Crippen LogP contribution in [-0.2, 0) is 0 Å². The largest absolute Gasteiger partial charge is 0.290 e. The van der Waals surface area contributed by atoms with E-state index in [1.54, 1.807) is 6.92 Å². The van der Waals surface area contributed by atoms with Crippen molar-refractivity contribution in [2.45, 2.75) is 17.7 Å². The van der Waals surface area contributed by atoms with Crippen molar-refractivity contribution < 1.29 is 18.4 Å². The van der Waals surface area contributed by atoms with Gasteiger partial charge in [0.05, 0.1) is 16.8 Å². The van der Waals surface area contributed by atoms with E-state index in [-0.39, 0.29) is 22.4 Å². The maximum atomic E-state index is 12.4. The van der Waals surface area contributed by atoms with E-state index >= 15 is 0 Å². The zero-order chi connectivity index (χ0) is 16.1. The van der Waals surface area contributed by atoms with Gasteiger partial charge in [-0.1, -0.05) is 0 Å². The lowest BCUT2D eigenvalue weighted by atomic mass is 10.3. The van der Waals surface area contributed by atoms with Crippen LogP contribution >= 0.6 is 23.1 Å². The van der Waals surface area contributed by atoms with E-state index in [9.17, 15) is 18.4 Å². The first-order valence-electron chi connectivity index (χ1n) is 5.89. The number of hydrogen-bond donors (Lipinski definition) is 2. The highest BCUT2D eigenvalue weighted by Gasteiger charge is 2.18. The number of thioether (sulfide) groups is 1. The lowest BCUT2D eigenvalue weighted by Gasteiger charge is -2.09. The minimum Gasteiger partial charge on any atom is -0.267 e. The number of amides is 2. The summed E-state index contributed by atoms with van der Waals surface area (Å²) < 4.78 is 24.8. The Labute approximate surface area is 132 Å². The third kappa shape index (κ3) is 3.98. The van der Waals surface area contributed by atoms with E-state index in [4.69, 9.17) is 0 Å². The number of hydrazine groups is 1. The molecule has 0 saturated carbocycles. The quantitative estimate of drug-likeness (QED) is 0.656. The van der Waals surface area contributed by atoms with E-state index in [1.165, 1.54) is 23.8 Å². The van der Waals surface area contributed by atoms with Crippen molar-refractivity contribution in [2.75, 3.05) is 0 Å². The van der Waals surface area contributed by atoms with Crippen LogP contribution in [0.1, 0.15) is 25.7 Å². The first kappa shape index (κ1) is 16.3. The summed E-state index contributed by atoms with van der Waals surface area (Å²) in [6, 6.07) is 2.79. The SMILES string of the molecule is Cc1ncsc1C(=O)NNC(=O)c1cccnc1SC(F)F. The van der Waals surface area contributed by atoms with E-state index in [0.717, 1.165) is 11.3 Å². The molecule has 0 atom stereocenters. The van der Waals surface area contributed by atoms with Crippen molar-refractivity contribution in [1.82, 2.24) is 20.8 Å². The number of nitrogens with zero attached hydrogens (tertiary/aromatic N) is 2. The Morgan fingerprint density at radius 3 is 2.64 bits per heavy atom. The summed E-state index contributed by atoms with van der Waals surface area (Å²) >= 11 is 1.29.